The number of carboxylic acid groups (broad SMARTS) is 1. The lowest BCUT2D eigenvalue weighted by atomic mass is 10.1. The van der Waals surface area contributed by atoms with E-state index >= 15 is 0 Å². The number of hydrogen-bond acceptors (Lipinski definition) is 5. The summed E-state index contributed by atoms with van der Waals surface area (Å²) in [5.41, 5.74) is -0.00449. The van der Waals surface area contributed by atoms with Gasteiger partial charge in [0.25, 0.3) is 0 Å². The molecule has 1 atom stereocenters. The smallest absolute Gasteiger partial charge is 0.330 e. The van der Waals surface area contributed by atoms with Gasteiger partial charge in [-0.1, -0.05) is 6.07 Å². The van der Waals surface area contributed by atoms with E-state index in [1.165, 1.54) is 33.2 Å². The van der Waals surface area contributed by atoms with Crippen molar-refractivity contribution in [2.45, 2.75) is 13.0 Å². The second-order valence-corrected chi connectivity index (χ2v) is 7.25. The van der Waals surface area contributed by atoms with E-state index in [-0.39, 0.29) is 17.1 Å². The minimum atomic E-state index is -3.58. The molecule has 0 radical (unpaired) electrons. The summed E-state index contributed by atoms with van der Waals surface area (Å²) in [4.78, 5) is 23.3. The number of halogens is 1. The number of carbonyl (C=O) groups is 2. The number of rotatable bonds is 8. The Bertz CT molecular complexity index is 722. The first-order valence-electron chi connectivity index (χ1n) is 6.92. The van der Waals surface area contributed by atoms with Crippen LogP contribution in [0.2, 0.25) is 0 Å². The number of methoxy groups -OCH3 is 1. The van der Waals surface area contributed by atoms with E-state index in [2.05, 4.69) is 5.32 Å². The Morgan fingerprint density at radius 2 is 2.04 bits per heavy atom. The van der Waals surface area contributed by atoms with Crippen molar-refractivity contribution in [2.24, 2.45) is 0 Å². The van der Waals surface area contributed by atoms with Gasteiger partial charge in [-0.3, -0.25) is 4.79 Å². The summed E-state index contributed by atoms with van der Waals surface area (Å²) in [6.07, 6.45) is 0. The van der Waals surface area contributed by atoms with E-state index in [0.717, 1.165) is 10.4 Å². The van der Waals surface area contributed by atoms with Crippen LogP contribution < -0.4 is 10.1 Å². The van der Waals surface area contributed by atoms with Gasteiger partial charge in [0.15, 0.2) is 17.6 Å². The van der Waals surface area contributed by atoms with Crippen molar-refractivity contribution < 1.29 is 32.2 Å². The minimum absolute atomic E-state index is 0.00449. The van der Waals surface area contributed by atoms with Crippen molar-refractivity contribution in [1.29, 1.82) is 0 Å². The van der Waals surface area contributed by atoms with Gasteiger partial charge in [-0.25, -0.2) is 17.6 Å². The molecule has 0 saturated heterocycles. The number of amides is 1. The molecule has 1 aromatic carbocycles. The number of aliphatic carboxylic acids is 1. The fourth-order valence-electron chi connectivity index (χ4n) is 1.88. The van der Waals surface area contributed by atoms with Crippen LogP contribution in [0.3, 0.4) is 0 Å². The van der Waals surface area contributed by atoms with E-state index in [1.54, 1.807) is 0 Å². The maximum Gasteiger partial charge on any atom is 0.330 e. The van der Waals surface area contributed by atoms with Gasteiger partial charge in [-0.05, 0) is 24.6 Å². The summed E-state index contributed by atoms with van der Waals surface area (Å²) in [6.45, 7) is 0.877. The van der Waals surface area contributed by atoms with Gasteiger partial charge in [0.1, 0.15) is 0 Å². The van der Waals surface area contributed by atoms with E-state index < -0.39 is 40.3 Å². The molecule has 134 valence electrons. The van der Waals surface area contributed by atoms with Crippen LogP contribution in [0.15, 0.2) is 18.2 Å². The van der Waals surface area contributed by atoms with Gasteiger partial charge in [0.2, 0.25) is 15.9 Å². The molecule has 0 saturated carbocycles. The maximum atomic E-state index is 13.7. The predicted molar refractivity (Wildman–Crippen MR) is 83.6 cm³/mol. The summed E-state index contributed by atoms with van der Waals surface area (Å²) in [5.74, 6) is -3.26. The largest absolute Gasteiger partial charge is 0.494 e. The van der Waals surface area contributed by atoms with Crippen LogP contribution in [0.4, 0.5) is 4.39 Å². The molecule has 10 heteroatoms. The zero-order chi connectivity index (χ0) is 18.5. The zero-order valence-electron chi connectivity index (χ0n) is 13.4. The summed E-state index contributed by atoms with van der Waals surface area (Å²) in [5, 5.41) is 11.4. The number of sulfonamides is 1. The standard InChI is InChI=1S/C14H19FN2O6S/c1-4-24(21,22)17(2)8-12(18)16-13(14(19)20)9-5-6-11(23-3)10(15)7-9/h5-7,13H,4,8H2,1-3H3,(H,16,18)(H,19,20). The summed E-state index contributed by atoms with van der Waals surface area (Å²) in [6, 6.07) is 1.95. The molecule has 1 amide bonds. The number of nitrogens with zero attached hydrogens (tertiary/aromatic N) is 1. The summed E-state index contributed by atoms with van der Waals surface area (Å²) >= 11 is 0. The highest BCUT2D eigenvalue weighted by molar-refractivity contribution is 7.89. The van der Waals surface area contributed by atoms with E-state index in [0.29, 0.717) is 0 Å². The van der Waals surface area contributed by atoms with Crippen LogP contribution in [-0.2, 0) is 19.6 Å². The molecule has 2 N–H and O–H groups in total. The number of carbonyl (C=O) groups excluding carboxylic acids is 1. The van der Waals surface area contributed by atoms with Crippen molar-refractivity contribution in [2.75, 3.05) is 26.5 Å². The van der Waals surface area contributed by atoms with Crippen LogP contribution in [-0.4, -0.2) is 56.2 Å². The van der Waals surface area contributed by atoms with Crippen molar-refractivity contribution in [3.63, 3.8) is 0 Å². The molecule has 0 heterocycles. The first kappa shape index (κ1) is 19.8. The Hall–Kier alpha value is -2.20. The lowest BCUT2D eigenvalue weighted by Gasteiger charge is -2.19. The number of likely N-dealkylation sites (N-methyl/N-ethyl adjacent to an activating group) is 1. The molecule has 1 unspecified atom stereocenters. The van der Waals surface area contributed by atoms with Gasteiger partial charge in [-0.2, -0.15) is 4.31 Å². The Morgan fingerprint density at radius 1 is 1.42 bits per heavy atom. The average Bonchev–Trinajstić information content (AvgIpc) is 2.52. The zero-order valence-corrected chi connectivity index (χ0v) is 14.3. The highest BCUT2D eigenvalue weighted by Crippen LogP contribution is 2.22. The molecular formula is C14H19FN2O6S. The molecule has 0 aliphatic rings. The van der Waals surface area contributed by atoms with Crippen molar-refractivity contribution >= 4 is 21.9 Å². The summed E-state index contributed by atoms with van der Waals surface area (Å²) < 4.78 is 42.5. The Balaban J connectivity index is 2.93. The third-order valence-corrected chi connectivity index (χ3v) is 5.08. The highest BCUT2D eigenvalue weighted by atomic mass is 32.2. The van der Waals surface area contributed by atoms with E-state index in [9.17, 15) is 27.5 Å². The predicted octanol–water partition coefficient (Wildman–Crippen LogP) is 0.358. The Morgan fingerprint density at radius 3 is 2.50 bits per heavy atom. The molecular weight excluding hydrogens is 343 g/mol. The van der Waals surface area contributed by atoms with Gasteiger partial charge in [-0.15, -0.1) is 0 Å². The number of benzene rings is 1. The molecule has 0 bridgehead atoms. The highest BCUT2D eigenvalue weighted by Gasteiger charge is 2.25. The van der Waals surface area contributed by atoms with Gasteiger partial charge in [0, 0.05) is 7.05 Å². The quantitative estimate of drug-likeness (QED) is 0.690. The Labute approximate surface area is 139 Å². The van der Waals surface area contributed by atoms with Crippen LogP contribution in [0, 0.1) is 5.82 Å². The molecule has 1 aromatic rings. The third kappa shape index (κ3) is 4.90. The molecule has 1 rings (SSSR count). The van der Waals surface area contributed by atoms with Crippen molar-refractivity contribution in [3.8, 4) is 5.75 Å². The van der Waals surface area contributed by atoms with Gasteiger partial charge >= 0.3 is 5.97 Å². The molecule has 24 heavy (non-hydrogen) atoms. The van der Waals surface area contributed by atoms with Gasteiger partial charge < -0.3 is 15.2 Å². The van der Waals surface area contributed by atoms with Crippen LogP contribution in [0.1, 0.15) is 18.5 Å². The molecule has 0 spiro atoms. The maximum absolute atomic E-state index is 13.7. The molecule has 8 nitrogen and oxygen atoms in total. The van der Waals surface area contributed by atoms with Gasteiger partial charge in [0.05, 0.1) is 19.4 Å². The van der Waals surface area contributed by atoms with Crippen LogP contribution >= 0.6 is 0 Å². The number of ether oxygens (including phenoxy) is 1. The monoisotopic (exact) mass is 362 g/mol. The first-order chi connectivity index (χ1) is 11.1. The second kappa shape index (κ2) is 8.06. The number of carboxylic acids is 1. The lowest BCUT2D eigenvalue weighted by Crippen LogP contribution is -2.42. The molecule has 0 aromatic heterocycles. The van der Waals surface area contributed by atoms with Crippen LogP contribution in [0.25, 0.3) is 0 Å². The number of nitrogens with one attached hydrogen (secondary N) is 1. The normalized spacial score (nSPS) is 12.7. The van der Waals surface area contributed by atoms with Crippen LogP contribution in [0.5, 0.6) is 5.75 Å². The average molecular weight is 362 g/mol. The molecule has 0 fully saturated rings. The third-order valence-electron chi connectivity index (χ3n) is 3.27. The lowest BCUT2D eigenvalue weighted by molar-refractivity contribution is -0.142. The van der Waals surface area contributed by atoms with E-state index in [4.69, 9.17) is 4.74 Å². The fourth-order valence-corrected chi connectivity index (χ4v) is 2.63. The SMILES string of the molecule is CCS(=O)(=O)N(C)CC(=O)NC(C(=O)O)c1ccc(OC)c(F)c1. The Kier molecular flexibility index (Phi) is 6.67. The van der Waals surface area contributed by atoms with E-state index in [1.807, 2.05) is 0 Å². The first-order valence-corrected chi connectivity index (χ1v) is 8.53. The molecule has 0 aliphatic carbocycles. The fraction of sp³-hybridized carbons (Fsp3) is 0.429. The minimum Gasteiger partial charge on any atom is -0.494 e. The number of hydrogen-bond donors (Lipinski definition) is 2. The molecule has 0 aliphatic heterocycles. The second-order valence-electron chi connectivity index (χ2n) is 4.89. The van der Waals surface area contributed by atoms with Crippen molar-refractivity contribution in [3.05, 3.63) is 29.6 Å². The topological polar surface area (TPSA) is 113 Å². The summed E-state index contributed by atoms with van der Waals surface area (Å²) in [7, 11) is -1.11. The van der Waals surface area contributed by atoms with Crippen molar-refractivity contribution in [1.82, 2.24) is 9.62 Å².